The summed E-state index contributed by atoms with van der Waals surface area (Å²) in [5.41, 5.74) is 39.3. The third kappa shape index (κ3) is 18.7. The lowest BCUT2D eigenvalue weighted by atomic mass is 9.77. The summed E-state index contributed by atoms with van der Waals surface area (Å²) in [5, 5.41) is 35.4. The normalized spacial score (nSPS) is 21.7. The highest BCUT2D eigenvalue weighted by Crippen LogP contribution is 2.49. The zero-order valence-electron chi connectivity index (χ0n) is 72.1. The number of nitrogens with zero attached hydrogens (tertiary/aromatic N) is 16. The van der Waals surface area contributed by atoms with Crippen LogP contribution in [0.5, 0.6) is 5.75 Å². The number of thiophene rings is 4. The number of aliphatic imine (C=N–C) groups is 5. The van der Waals surface area contributed by atoms with Gasteiger partial charge in [0.25, 0.3) is 0 Å². The molecule has 12 aromatic rings. The third-order valence-electron chi connectivity index (χ3n) is 23.8. The second-order valence-corrected chi connectivity index (χ2v) is 38.1. The fourth-order valence-corrected chi connectivity index (χ4v) is 20.6. The van der Waals surface area contributed by atoms with Crippen molar-refractivity contribution in [2.45, 2.75) is 120 Å². The molecule has 5 aliphatic heterocycles. The molecule has 4 amide bonds. The maximum Gasteiger partial charge on any atom is 0.239 e. The molecule has 11 heterocycles. The van der Waals surface area contributed by atoms with Gasteiger partial charge in [0.15, 0.2) is 29.5 Å². The van der Waals surface area contributed by atoms with Crippen LogP contribution in [0.1, 0.15) is 121 Å². The van der Waals surface area contributed by atoms with Crippen LogP contribution in [0, 0.1) is 45.0 Å². The zero-order chi connectivity index (χ0) is 90.2. The van der Waals surface area contributed by atoms with Gasteiger partial charge in [-0.1, -0.05) is 60.7 Å². The molecule has 26 nitrogen and oxygen atoms in total. The van der Waals surface area contributed by atoms with Crippen molar-refractivity contribution in [2.24, 2.45) is 59.5 Å². The summed E-state index contributed by atoms with van der Waals surface area (Å²) in [6, 6.07) is 56.4. The Hall–Kier alpha value is -12.6. The molecule has 6 aromatic carbocycles. The number of hydrogen-bond donors (Lipinski definition) is 5. The number of ether oxygens (including phenoxy) is 1. The molecular formula is C94H97FIN21O5S4. The van der Waals surface area contributed by atoms with Crippen LogP contribution in [0.25, 0.3) is 64.8 Å². The van der Waals surface area contributed by atoms with Gasteiger partial charge in [0.2, 0.25) is 29.6 Å². The molecule has 0 bridgehead atoms. The summed E-state index contributed by atoms with van der Waals surface area (Å²) in [6.45, 7) is 13.0. The number of hydrazine groups is 1. The smallest absolute Gasteiger partial charge is 0.239 e. The minimum absolute atomic E-state index is 0.00490. The summed E-state index contributed by atoms with van der Waals surface area (Å²) in [7, 11) is 12.0. The van der Waals surface area contributed by atoms with E-state index in [1.54, 1.807) is 99.9 Å². The minimum atomic E-state index is -0.962. The van der Waals surface area contributed by atoms with E-state index in [-0.39, 0.29) is 53.0 Å². The average Bonchev–Trinajstić information content (AvgIpc) is 1.38. The van der Waals surface area contributed by atoms with E-state index in [2.05, 4.69) is 143 Å². The van der Waals surface area contributed by atoms with Gasteiger partial charge in [-0.25, -0.2) is 29.4 Å². The minimum Gasteiger partial charge on any atom is -0.497 e. The van der Waals surface area contributed by atoms with Gasteiger partial charge in [0.1, 0.15) is 20.8 Å². The molecule has 0 radical (unpaired) electrons. The van der Waals surface area contributed by atoms with Crippen molar-refractivity contribution in [3.8, 4) is 61.7 Å². The predicted octanol–water partition coefficient (Wildman–Crippen LogP) is 15.8. The molecule has 126 heavy (non-hydrogen) atoms. The lowest BCUT2D eigenvalue weighted by Crippen LogP contribution is -2.52. The number of aryl methyl sites for hydroxylation is 1. The number of likely N-dealkylation sites (N-methyl/N-ethyl adjacent to an activating group) is 1. The second kappa shape index (κ2) is 36.2. The second-order valence-electron chi connectivity index (χ2n) is 33.1. The van der Waals surface area contributed by atoms with Crippen LogP contribution in [0.4, 0.5) is 4.39 Å². The number of rotatable bonds is 14. The van der Waals surface area contributed by atoms with E-state index in [1.807, 2.05) is 137 Å². The van der Waals surface area contributed by atoms with E-state index in [0.29, 0.717) is 48.5 Å². The maximum absolute atomic E-state index is 14.0. The first kappa shape index (κ1) is 89.7. The van der Waals surface area contributed by atoms with Crippen molar-refractivity contribution < 1.29 is 28.3 Å². The number of nitrogens with two attached hydrogens (primary N) is 5. The van der Waals surface area contributed by atoms with Crippen molar-refractivity contribution in [3.05, 3.63) is 250 Å². The number of halogens is 2. The molecule has 646 valence electrons. The van der Waals surface area contributed by atoms with Gasteiger partial charge in [-0.05, 0) is 259 Å². The number of nitriles is 2. The lowest BCUT2D eigenvalue weighted by molar-refractivity contribution is -0.131. The van der Waals surface area contributed by atoms with E-state index in [1.165, 1.54) is 85.0 Å². The predicted molar refractivity (Wildman–Crippen MR) is 509 cm³/mol. The van der Waals surface area contributed by atoms with Crippen LogP contribution in [0.15, 0.2) is 217 Å². The standard InChI is InChI=1S/C24H21FN4O2S.C19H19N3OS2.C18H20N4O.C17H20IN5O.C16H17N5S/c1-24(20-11-17(13-32-20)16-8-14(12-26)9-18(25)10-16)21(22(30)29(2)23(27)28-24)15-4-6-19(31-3)7-5-15;1-11-4-6-16(25-11)14-10-24-15-7-5-12(8-13(14)15)19(2)9-17(23)22(3)18(20)21-19;1-18(12-16(23)22(2)17(19)21-18)11-13-4-3-5-15(10-13)14-6-8-20-9-7-14;1-17(8-14(24)22(2)16(19)20-17)11-5-6-12-13(7-11)21-23(15(12)18)9-10-3-4-10;1-16(19-15(18)20(2)21(16)3)14-8-13(10-22-14)12-6-4-5-11(7-12)9-17/h4-11,13,21H,1-3H3,(H2,27,28);4-8,10H,9H2,1-3H3,(H2,20,21);3-10H,11-12H2,1-2H3,(H2,19,21);5-7,10H,3-4,8-9H2,1-2H3,(H2,19,20);4-8,10H,1-3H3,(H2,18,19)/t21?,24-;19-;18-;17-;/m1010./s1. The topological polar surface area (TPSA) is 367 Å². The van der Waals surface area contributed by atoms with Crippen LogP contribution in [0.3, 0.4) is 0 Å². The Morgan fingerprint density at radius 1 is 0.556 bits per heavy atom. The molecule has 1 aliphatic carbocycles. The Kier molecular flexibility index (Phi) is 25.8. The summed E-state index contributed by atoms with van der Waals surface area (Å²) in [6.07, 6.45) is 7.85. The van der Waals surface area contributed by atoms with Gasteiger partial charge in [0.05, 0.1) is 77.7 Å². The van der Waals surface area contributed by atoms with Crippen LogP contribution < -0.4 is 33.4 Å². The highest BCUT2D eigenvalue weighted by atomic mass is 127. The Balaban J connectivity index is 0.000000129. The number of amides is 4. The number of hydrogen-bond acceptors (Lipinski definition) is 25. The highest BCUT2D eigenvalue weighted by Gasteiger charge is 2.49. The van der Waals surface area contributed by atoms with E-state index in [9.17, 15) is 23.6 Å². The fraction of sp³-hybridized carbons (Fsp3) is 0.287. The zero-order valence-corrected chi connectivity index (χ0v) is 77.5. The lowest BCUT2D eigenvalue weighted by Gasteiger charge is -2.40. The summed E-state index contributed by atoms with van der Waals surface area (Å²) in [4.78, 5) is 87.0. The number of methoxy groups -OCH3 is 1. The van der Waals surface area contributed by atoms with Gasteiger partial charge < -0.3 is 33.4 Å². The van der Waals surface area contributed by atoms with Gasteiger partial charge in [-0.15, -0.1) is 45.3 Å². The van der Waals surface area contributed by atoms with E-state index in [4.69, 9.17) is 54.0 Å². The van der Waals surface area contributed by atoms with Crippen LogP contribution in [-0.2, 0) is 54.4 Å². The van der Waals surface area contributed by atoms with Crippen molar-refractivity contribution in [2.75, 3.05) is 49.4 Å². The summed E-state index contributed by atoms with van der Waals surface area (Å²) in [5.74, 6) is 1.66. The van der Waals surface area contributed by atoms with E-state index in [0.717, 1.165) is 83.2 Å². The maximum atomic E-state index is 14.0. The molecule has 2 unspecified atom stereocenters. The van der Waals surface area contributed by atoms with Crippen molar-refractivity contribution in [1.82, 2.24) is 44.4 Å². The average molecular weight is 1880 g/mol. The molecule has 6 aliphatic rings. The van der Waals surface area contributed by atoms with Crippen molar-refractivity contribution in [1.29, 1.82) is 10.5 Å². The van der Waals surface area contributed by atoms with Gasteiger partial charge >= 0.3 is 0 Å². The largest absolute Gasteiger partial charge is 0.497 e. The van der Waals surface area contributed by atoms with Crippen LogP contribution in [-0.4, -0.2) is 153 Å². The van der Waals surface area contributed by atoms with Gasteiger partial charge in [-0.2, -0.15) is 20.6 Å². The summed E-state index contributed by atoms with van der Waals surface area (Å²) < 4.78 is 23.7. The molecule has 0 spiro atoms. The molecule has 6 aromatic heterocycles. The van der Waals surface area contributed by atoms with Gasteiger partial charge in [-0.3, -0.25) is 53.5 Å². The Morgan fingerprint density at radius 2 is 1.14 bits per heavy atom. The Labute approximate surface area is 760 Å². The van der Waals surface area contributed by atoms with E-state index >= 15 is 0 Å². The van der Waals surface area contributed by atoms with Crippen LogP contribution >= 0.6 is 67.9 Å². The quantitative estimate of drug-likeness (QED) is 0.0631. The number of guanidine groups is 5. The molecular weight excluding hydrogens is 1780 g/mol. The highest BCUT2D eigenvalue weighted by molar-refractivity contribution is 14.1. The number of carbonyl (C=O) groups is 4. The number of carbonyl (C=O) groups excluding carboxylic acids is 4. The molecule has 32 heteroatoms. The number of fused-ring (bicyclic) bond motifs is 2. The van der Waals surface area contributed by atoms with E-state index < -0.39 is 39.6 Å². The number of pyridine rings is 1. The monoisotopic (exact) mass is 1870 g/mol. The van der Waals surface area contributed by atoms with Crippen LogP contribution in [0.2, 0.25) is 0 Å². The molecule has 6 atom stereocenters. The Morgan fingerprint density at radius 3 is 1.75 bits per heavy atom. The SMILES string of the molecule is CN1C(=O)C[C@@](C)(Cc2cccc(-c3ccncc3)c2)N=C1N.CN1C(=O)C[C@@](C)(c2ccc3c(I)n(CC4CC4)nc3c2)N=C1N.CN1C(N)=NC(C)(c2cc(-c3cccc(C#N)c3)cs2)N1C.COc1ccc(C2C(=O)N(C)C(N)=N[C@]2(C)c2cc(-c3cc(F)cc(C#N)c3)cs2)cc1.Cc1ccc(-c2csc3ccc([C@]4(C)CC(=O)N(C)C(N)=N4)cc23)s1. The van der Waals surface area contributed by atoms with Crippen molar-refractivity contribution in [3.63, 3.8) is 0 Å². The molecule has 10 N–H and O–H groups in total. The molecule has 18 rings (SSSR count). The Bertz CT molecular complexity index is 6480. The number of benzene rings is 6. The molecule has 1 saturated carbocycles. The fourth-order valence-electron chi connectivity index (χ4n) is 15.8. The first-order valence-electron chi connectivity index (χ1n) is 40.5. The third-order valence-corrected chi connectivity index (χ3v) is 29.2. The first-order chi connectivity index (χ1) is 59.9. The first-order valence-corrected chi connectivity index (χ1v) is 45.1. The summed E-state index contributed by atoms with van der Waals surface area (Å²) >= 11 is 8.98. The molecule has 1 fully saturated rings. The van der Waals surface area contributed by atoms with Gasteiger partial charge in [0, 0.05) is 107 Å². The number of aromatic nitrogens is 3. The molecule has 0 saturated heterocycles. The van der Waals surface area contributed by atoms with Crippen molar-refractivity contribution >= 4 is 142 Å².